The highest BCUT2D eigenvalue weighted by Gasteiger charge is 1.91. The quantitative estimate of drug-likeness (QED) is 0.333. The van der Waals surface area contributed by atoms with E-state index in [9.17, 15) is 4.79 Å². The Hall–Kier alpha value is -0.880. The topological polar surface area (TPSA) is 29.4 Å². The van der Waals surface area contributed by atoms with Gasteiger partial charge in [0.05, 0.1) is 6.04 Å². The first kappa shape index (κ1) is 9.12. The van der Waals surface area contributed by atoms with E-state index in [4.69, 9.17) is 0 Å². The van der Waals surface area contributed by atoms with Crippen LogP contribution in [0.25, 0.3) is 0 Å². The maximum absolute atomic E-state index is 9.73. The van der Waals surface area contributed by atoms with Crippen LogP contribution in [0.4, 0.5) is 0 Å². The second-order valence-electron chi connectivity index (χ2n) is 2.18. The molecule has 0 aliphatic rings. The number of hydrogen-bond donors (Lipinski definition) is 0. The lowest BCUT2D eigenvalue weighted by atomic mass is 10.2. The third-order valence-electron chi connectivity index (χ3n) is 1.15. The fraction of sp³-hybridized carbons (Fsp3) is 0.625. The summed E-state index contributed by atoms with van der Waals surface area (Å²) in [5, 5.41) is 0. The fourth-order valence-corrected chi connectivity index (χ4v) is 0.603. The zero-order valence-corrected chi connectivity index (χ0v) is 6.50. The van der Waals surface area contributed by atoms with Gasteiger partial charge >= 0.3 is 0 Å². The van der Waals surface area contributed by atoms with Gasteiger partial charge < -0.3 is 0 Å². The van der Waals surface area contributed by atoms with Crippen LogP contribution in [0.3, 0.4) is 0 Å². The molecule has 0 aromatic carbocycles. The van der Waals surface area contributed by atoms with Gasteiger partial charge in [-0.3, -0.25) is 0 Å². The van der Waals surface area contributed by atoms with Gasteiger partial charge in [-0.15, -0.1) is 0 Å². The molecule has 0 aromatic rings. The first-order valence-electron chi connectivity index (χ1n) is 3.53. The van der Waals surface area contributed by atoms with Crippen LogP contribution >= 0.6 is 0 Å². The Kier molecular flexibility index (Phi) is 5.69. The Balaban J connectivity index is 3.48. The van der Waals surface area contributed by atoms with Gasteiger partial charge in [0.15, 0.2) is 0 Å². The van der Waals surface area contributed by atoms with Crippen LogP contribution in [0.15, 0.2) is 17.1 Å². The monoisotopic (exact) mass is 139 g/mol. The molecular formula is C8H13NO. The largest absolute Gasteiger partial charge is 0.235 e. The molecule has 0 saturated carbocycles. The van der Waals surface area contributed by atoms with Crippen molar-refractivity contribution in [2.75, 3.05) is 0 Å². The molecule has 2 nitrogen and oxygen atoms in total. The lowest BCUT2D eigenvalue weighted by molar-refractivity contribution is 0.558. The van der Waals surface area contributed by atoms with Crippen molar-refractivity contribution < 1.29 is 4.79 Å². The molecular weight excluding hydrogens is 126 g/mol. The van der Waals surface area contributed by atoms with E-state index in [0.29, 0.717) is 0 Å². The Morgan fingerprint density at radius 1 is 1.60 bits per heavy atom. The third kappa shape index (κ3) is 5.26. The molecule has 0 aliphatic heterocycles. The second-order valence-corrected chi connectivity index (χ2v) is 2.18. The van der Waals surface area contributed by atoms with Crippen LogP contribution in [0.1, 0.15) is 26.7 Å². The van der Waals surface area contributed by atoms with Gasteiger partial charge in [0.1, 0.15) is 0 Å². The van der Waals surface area contributed by atoms with Gasteiger partial charge in [-0.05, 0) is 19.8 Å². The van der Waals surface area contributed by atoms with Crippen molar-refractivity contribution in [1.82, 2.24) is 0 Å². The molecule has 0 spiro atoms. The summed E-state index contributed by atoms with van der Waals surface area (Å²) in [6.45, 7) is 3.97. The molecule has 0 aliphatic carbocycles. The van der Waals surface area contributed by atoms with Crippen molar-refractivity contribution in [3.05, 3.63) is 12.2 Å². The van der Waals surface area contributed by atoms with E-state index in [2.05, 4.69) is 18.0 Å². The zero-order chi connectivity index (χ0) is 7.82. The lowest BCUT2D eigenvalue weighted by Crippen LogP contribution is -1.93. The highest BCUT2D eigenvalue weighted by molar-refractivity contribution is 5.33. The molecule has 0 bridgehead atoms. The van der Waals surface area contributed by atoms with Gasteiger partial charge in [0, 0.05) is 0 Å². The summed E-state index contributed by atoms with van der Waals surface area (Å²) in [5.41, 5.74) is 0. The Morgan fingerprint density at radius 3 is 2.80 bits per heavy atom. The van der Waals surface area contributed by atoms with E-state index in [1.54, 1.807) is 0 Å². The van der Waals surface area contributed by atoms with E-state index in [-0.39, 0.29) is 6.04 Å². The normalized spacial score (nSPS) is 13.0. The zero-order valence-electron chi connectivity index (χ0n) is 6.50. The molecule has 0 fully saturated rings. The smallest absolute Gasteiger partial charge is 0.211 e. The van der Waals surface area contributed by atoms with E-state index >= 15 is 0 Å². The lowest BCUT2D eigenvalue weighted by Gasteiger charge is -1.95. The minimum absolute atomic E-state index is 0.0836. The number of aliphatic imine (C=N–C) groups is 1. The maximum atomic E-state index is 9.73. The van der Waals surface area contributed by atoms with Crippen molar-refractivity contribution in [3.63, 3.8) is 0 Å². The molecule has 0 heterocycles. The van der Waals surface area contributed by atoms with Crippen LogP contribution in [-0.4, -0.2) is 12.1 Å². The molecule has 0 aromatic heterocycles. The van der Waals surface area contributed by atoms with Crippen molar-refractivity contribution in [3.8, 4) is 0 Å². The average molecular weight is 139 g/mol. The van der Waals surface area contributed by atoms with Crippen molar-refractivity contribution in [1.29, 1.82) is 0 Å². The number of hydrogen-bond acceptors (Lipinski definition) is 2. The van der Waals surface area contributed by atoms with Gasteiger partial charge in [-0.1, -0.05) is 19.1 Å². The van der Waals surface area contributed by atoms with Gasteiger partial charge in [0.2, 0.25) is 6.08 Å². The number of allylic oxidation sites excluding steroid dienone is 1. The summed E-state index contributed by atoms with van der Waals surface area (Å²) in [4.78, 5) is 13.3. The van der Waals surface area contributed by atoms with Gasteiger partial charge in [-0.2, -0.15) is 0 Å². The van der Waals surface area contributed by atoms with Crippen LogP contribution in [0.5, 0.6) is 0 Å². The van der Waals surface area contributed by atoms with Crippen molar-refractivity contribution in [2.45, 2.75) is 32.7 Å². The highest BCUT2D eigenvalue weighted by atomic mass is 16.1. The molecule has 56 valence electrons. The minimum Gasteiger partial charge on any atom is -0.211 e. The molecule has 0 N–H and O–H groups in total. The molecule has 0 saturated heterocycles. The first-order valence-corrected chi connectivity index (χ1v) is 3.53. The standard InChI is InChI=1S/C8H13NO/c1-3-4-5-6-8(2)9-7-10/h4-5,8H,3,6H2,1-2H3/b5-4+/t8-/m0/s1. The Morgan fingerprint density at radius 2 is 2.30 bits per heavy atom. The fourth-order valence-electron chi connectivity index (χ4n) is 0.603. The summed E-state index contributed by atoms with van der Waals surface area (Å²) in [6, 6.07) is 0.0836. The maximum Gasteiger partial charge on any atom is 0.235 e. The van der Waals surface area contributed by atoms with Crippen LogP contribution in [0, 0.1) is 0 Å². The summed E-state index contributed by atoms with van der Waals surface area (Å²) >= 11 is 0. The molecule has 2 heteroatoms. The van der Waals surface area contributed by atoms with Crippen LogP contribution in [0.2, 0.25) is 0 Å². The van der Waals surface area contributed by atoms with Gasteiger partial charge in [0.25, 0.3) is 0 Å². The summed E-state index contributed by atoms with van der Waals surface area (Å²) in [7, 11) is 0. The molecule has 1 atom stereocenters. The summed E-state index contributed by atoms with van der Waals surface area (Å²) < 4.78 is 0. The summed E-state index contributed by atoms with van der Waals surface area (Å²) in [6.07, 6.45) is 7.51. The number of nitrogens with zero attached hydrogens (tertiary/aromatic N) is 1. The molecule has 0 radical (unpaired) electrons. The second kappa shape index (κ2) is 6.24. The van der Waals surface area contributed by atoms with Gasteiger partial charge in [-0.25, -0.2) is 9.79 Å². The molecule has 0 amide bonds. The van der Waals surface area contributed by atoms with Crippen LogP contribution < -0.4 is 0 Å². The van der Waals surface area contributed by atoms with Crippen molar-refractivity contribution >= 4 is 6.08 Å². The SMILES string of the molecule is CC/C=C/C[C@H](C)N=C=O. The van der Waals surface area contributed by atoms with E-state index < -0.39 is 0 Å². The number of isocyanates is 1. The third-order valence-corrected chi connectivity index (χ3v) is 1.15. The van der Waals surface area contributed by atoms with E-state index in [0.717, 1.165) is 12.8 Å². The number of carbonyl (C=O) groups excluding carboxylic acids is 1. The molecule has 10 heavy (non-hydrogen) atoms. The minimum atomic E-state index is 0.0836. The Labute approximate surface area is 61.7 Å². The highest BCUT2D eigenvalue weighted by Crippen LogP contribution is 1.96. The number of rotatable bonds is 4. The molecule has 0 unspecified atom stereocenters. The van der Waals surface area contributed by atoms with Crippen LogP contribution in [-0.2, 0) is 4.79 Å². The average Bonchev–Trinajstić information content (AvgIpc) is 1.89. The predicted molar refractivity (Wildman–Crippen MR) is 41.6 cm³/mol. The Bertz CT molecular complexity index is 145. The molecule has 0 rings (SSSR count). The predicted octanol–water partition coefficient (Wildman–Crippen LogP) is 2.07. The van der Waals surface area contributed by atoms with E-state index in [1.807, 2.05) is 13.0 Å². The first-order chi connectivity index (χ1) is 4.81. The van der Waals surface area contributed by atoms with E-state index in [1.165, 1.54) is 6.08 Å². The summed E-state index contributed by atoms with van der Waals surface area (Å²) in [5.74, 6) is 0. The van der Waals surface area contributed by atoms with Crippen molar-refractivity contribution in [2.24, 2.45) is 4.99 Å².